The molecule has 2 aromatic rings. The standard InChI is InChI=1S/C12H12ClN3O/c1-2-17-11-7-10(15-12(14)16-11)8-3-5-9(13)6-4-8/h3-7H,2H2,1H3,(H2,14,15,16). The molecule has 88 valence electrons. The van der Waals surface area contributed by atoms with Crippen molar-refractivity contribution in [2.24, 2.45) is 0 Å². The molecule has 0 bridgehead atoms. The van der Waals surface area contributed by atoms with Crippen LogP contribution in [0.3, 0.4) is 0 Å². The zero-order chi connectivity index (χ0) is 12.3. The van der Waals surface area contributed by atoms with Gasteiger partial charge in [0.15, 0.2) is 0 Å². The van der Waals surface area contributed by atoms with Crippen LogP contribution in [0.4, 0.5) is 5.95 Å². The van der Waals surface area contributed by atoms with Gasteiger partial charge in [0.2, 0.25) is 11.8 Å². The number of halogens is 1. The molecule has 0 aliphatic heterocycles. The Morgan fingerprint density at radius 3 is 2.59 bits per heavy atom. The molecule has 1 aromatic heterocycles. The molecule has 0 atom stereocenters. The maximum atomic E-state index is 5.83. The van der Waals surface area contributed by atoms with E-state index in [9.17, 15) is 0 Å². The summed E-state index contributed by atoms with van der Waals surface area (Å²) in [6.07, 6.45) is 0. The molecule has 0 unspecified atom stereocenters. The van der Waals surface area contributed by atoms with Crippen molar-refractivity contribution in [3.05, 3.63) is 35.4 Å². The van der Waals surface area contributed by atoms with Gasteiger partial charge in [0, 0.05) is 16.7 Å². The molecule has 1 aromatic carbocycles. The highest BCUT2D eigenvalue weighted by atomic mass is 35.5. The monoisotopic (exact) mass is 249 g/mol. The van der Waals surface area contributed by atoms with Gasteiger partial charge in [-0.15, -0.1) is 0 Å². The molecule has 1 heterocycles. The zero-order valence-corrected chi connectivity index (χ0v) is 10.1. The van der Waals surface area contributed by atoms with Crippen LogP contribution in [0.25, 0.3) is 11.3 Å². The molecule has 2 rings (SSSR count). The summed E-state index contributed by atoms with van der Waals surface area (Å²) < 4.78 is 5.32. The number of rotatable bonds is 3. The lowest BCUT2D eigenvalue weighted by Gasteiger charge is -2.06. The number of aromatic nitrogens is 2. The lowest BCUT2D eigenvalue weighted by molar-refractivity contribution is 0.327. The molecule has 5 heteroatoms. The zero-order valence-electron chi connectivity index (χ0n) is 9.35. The summed E-state index contributed by atoms with van der Waals surface area (Å²) in [6.45, 7) is 2.43. The van der Waals surface area contributed by atoms with Crippen molar-refractivity contribution >= 4 is 17.5 Å². The molecule has 17 heavy (non-hydrogen) atoms. The molecular weight excluding hydrogens is 238 g/mol. The fourth-order valence-corrected chi connectivity index (χ4v) is 1.56. The first-order valence-electron chi connectivity index (χ1n) is 5.22. The van der Waals surface area contributed by atoms with E-state index in [4.69, 9.17) is 22.1 Å². The minimum Gasteiger partial charge on any atom is -0.478 e. The van der Waals surface area contributed by atoms with E-state index in [1.807, 2.05) is 19.1 Å². The summed E-state index contributed by atoms with van der Waals surface area (Å²) >= 11 is 5.83. The van der Waals surface area contributed by atoms with Crippen LogP contribution in [0.15, 0.2) is 30.3 Å². The van der Waals surface area contributed by atoms with E-state index in [1.54, 1.807) is 18.2 Å². The van der Waals surface area contributed by atoms with Crippen molar-refractivity contribution in [3.63, 3.8) is 0 Å². The van der Waals surface area contributed by atoms with Gasteiger partial charge in [0.05, 0.1) is 12.3 Å². The van der Waals surface area contributed by atoms with E-state index < -0.39 is 0 Å². The van der Waals surface area contributed by atoms with Gasteiger partial charge in [-0.2, -0.15) is 4.98 Å². The summed E-state index contributed by atoms with van der Waals surface area (Å²) in [5.74, 6) is 0.672. The first-order chi connectivity index (χ1) is 8.19. The van der Waals surface area contributed by atoms with Crippen molar-refractivity contribution in [2.45, 2.75) is 6.92 Å². The molecule has 0 aliphatic rings. The molecule has 0 saturated carbocycles. The third kappa shape index (κ3) is 2.85. The quantitative estimate of drug-likeness (QED) is 0.909. The van der Waals surface area contributed by atoms with Crippen LogP contribution in [-0.2, 0) is 0 Å². The van der Waals surface area contributed by atoms with Gasteiger partial charge in [-0.25, -0.2) is 4.98 Å². The maximum absolute atomic E-state index is 5.83. The highest BCUT2D eigenvalue weighted by Gasteiger charge is 2.05. The predicted octanol–water partition coefficient (Wildman–Crippen LogP) is 2.78. The Morgan fingerprint density at radius 2 is 1.94 bits per heavy atom. The van der Waals surface area contributed by atoms with E-state index in [1.165, 1.54) is 0 Å². The van der Waals surface area contributed by atoms with Crippen LogP contribution in [0.5, 0.6) is 5.88 Å². The third-order valence-corrected chi connectivity index (χ3v) is 2.40. The predicted molar refractivity (Wildman–Crippen MR) is 68.1 cm³/mol. The number of nitrogen functional groups attached to an aromatic ring is 1. The molecular formula is C12H12ClN3O. The number of nitrogens with zero attached hydrogens (tertiary/aromatic N) is 2. The summed E-state index contributed by atoms with van der Waals surface area (Å²) in [5, 5.41) is 0.681. The number of anilines is 1. The third-order valence-electron chi connectivity index (χ3n) is 2.15. The maximum Gasteiger partial charge on any atom is 0.223 e. The Balaban J connectivity index is 2.40. The summed E-state index contributed by atoms with van der Waals surface area (Å²) in [6, 6.07) is 9.11. The number of ether oxygens (including phenoxy) is 1. The normalized spacial score (nSPS) is 10.2. The molecule has 0 amide bonds. The van der Waals surface area contributed by atoms with Crippen molar-refractivity contribution < 1.29 is 4.74 Å². The van der Waals surface area contributed by atoms with E-state index >= 15 is 0 Å². The number of nitrogens with two attached hydrogens (primary N) is 1. The van der Waals surface area contributed by atoms with Gasteiger partial charge in [-0.3, -0.25) is 0 Å². The van der Waals surface area contributed by atoms with Gasteiger partial charge >= 0.3 is 0 Å². The second kappa shape index (κ2) is 5.01. The summed E-state index contributed by atoms with van der Waals surface area (Å²) in [7, 11) is 0. The van der Waals surface area contributed by atoms with E-state index in [0.29, 0.717) is 17.5 Å². The highest BCUT2D eigenvalue weighted by molar-refractivity contribution is 6.30. The smallest absolute Gasteiger partial charge is 0.223 e. The number of hydrogen-bond donors (Lipinski definition) is 1. The largest absolute Gasteiger partial charge is 0.478 e. The van der Waals surface area contributed by atoms with Crippen molar-refractivity contribution in [1.82, 2.24) is 9.97 Å². The molecule has 4 nitrogen and oxygen atoms in total. The van der Waals surface area contributed by atoms with Gasteiger partial charge in [-0.1, -0.05) is 23.7 Å². The highest BCUT2D eigenvalue weighted by Crippen LogP contribution is 2.23. The summed E-state index contributed by atoms with van der Waals surface area (Å²) in [4.78, 5) is 8.14. The minimum absolute atomic E-state index is 0.195. The fraction of sp³-hybridized carbons (Fsp3) is 0.167. The van der Waals surface area contributed by atoms with Crippen molar-refractivity contribution in [2.75, 3.05) is 12.3 Å². The molecule has 2 N–H and O–H groups in total. The van der Waals surface area contributed by atoms with E-state index in [2.05, 4.69) is 9.97 Å². The SMILES string of the molecule is CCOc1cc(-c2ccc(Cl)cc2)nc(N)n1. The average molecular weight is 250 g/mol. The van der Waals surface area contributed by atoms with E-state index in [-0.39, 0.29) is 5.95 Å². The Hall–Kier alpha value is -1.81. The van der Waals surface area contributed by atoms with Crippen LogP contribution in [0, 0.1) is 0 Å². The second-order valence-electron chi connectivity index (χ2n) is 3.39. The molecule has 0 saturated heterocycles. The van der Waals surface area contributed by atoms with Crippen molar-refractivity contribution in [1.29, 1.82) is 0 Å². The van der Waals surface area contributed by atoms with Crippen LogP contribution in [0.1, 0.15) is 6.92 Å². The summed E-state index contributed by atoms with van der Waals surface area (Å²) in [5.41, 5.74) is 7.27. The Labute approximate surface area is 104 Å². The lowest BCUT2D eigenvalue weighted by Crippen LogP contribution is -2.01. The van der Waals surface area contributed by atoms with Gasteiger partial charge in [0.25, 0.3) is 0 Å². The number of benzene rings is 1. The van der Waals surface area contributed by atoms with Crippen LogP contribution in [-0.4, -0.2) is 16.6 Å². The Kier molecular flexibility index (Phi) is 3.44. The molecule has 0 fully saturated rings. The fourth-order valence-electron chi connectivity index (χ4n) is 1.43. The first kappa shape index (κ1) is 11.7. The van der Waals surface area contributed by atoms with Crippen LogP contribution >= 0.6 is 11.6 Å². The average Bonchev–Trinajstić information content (AvgIpc) is 2.29. The number of hydrogen-bond acceptors (Lipinski definition) is 4. The van der Waals surface area contributed by atoms with E-state index in [0.717, 1.165) is 11.3 Å². The molecule has 0 aliphatic carbocycles. The van der Waals surface area contributed by atoms with Gasteiger partial charge < -0.3 is 10.5 Å². The molecule has 0 radical (unpaired) electrons. The Bertz CT molecular complexity index is 514. The molecule has 0 spiro atoms. The first-order valence-corrected chi connectivity index (χ1v) is 5.60. The topological polar surface area (TPSA) is 61.0 Å². The van der Waals surface area contributed by atoms with Crippen LogP contribution in [0.2, 0.25) is 5.02 Å². The van der Waals surface area contributed by atoms with Crippen LogP contribution < -0.4 is 10.5 Å². The second-order valence-corrected chi connectivity index (χ2v) is 3.83. The van der Waals surface area contributed by atoms with Gasteiger partial charge in [0.1, 0.15) is 0 Å². The van der Waals surface area contributed by atoms with Crippen molar-refractivity contribution in [3.8, 4) is 17.1 Å². The van der Waals surface area contributed by atoms with Gasteiger partial charge in [-0.05, 0) is 19.1 Å². The minimum atomic E-state index is 0.195. The lowest BCUT2D eigenvalue weighted by atomic mass is 10.1. The Morgan fingerprint density at radius 1 is 1.24 bits per heavy atom.